The van der Waals surface area contributed by atoms with Crippen molar-refractivity contribution in [1.29, 1.82) is 5.26 Å². The fourth-order valence-corrected chi connectivity index (χ4v) is 2.04. The number of carbonyl (C=O) groups excluding carboxylic acids is 1. The second-order valence-corrected chi connectivity index (χ2v) is 4.94. The summed E-state index contributed by atoms with van der Waals surface area (Å²) in [5.41, 5.74) is 6.71. The molecule has 4 nitrogen and oxygen atoms in total. The molecule has 1 amide bonds. The van der Waals surface area contributed by atoms with Gasteiger partial charge in [-0.2, -0.15) is 5.26 Å². The second-order valence-electron chi connectivity index (χ2n) is 4.94. The largest absolute Gasteiger partial charge is 0.487 e. The molecule has 0 atom stereocenters. The van der Waals surface area contributed by atoms with Crippen LogP contribution in [0.25, 0.3) is 6.08 Å². The number of carbonyl (C=O) groups is 1. The van der Waals surface area contributed by atoms with Crippen LogP contribution in [0.4, 0.5) is 0 Å². The quantitative estimate of drug-likeness (QED) is 0.634. The number of rotatable bonds is 2. The Morgan fingerprint density at radius 2 is 2.28 bits per heavy atom. The zero-order chi connectivity index (χ0) is 13.3. The van der Waals surface area contributed by atoms with Crippen LogP contribution in [0.3, 0.4) is 0 Å². The molecule has 2 rings (SSSR count). The summed E-state index contributed by atoms with van der Waals surface area (Å²) in [6.45, 7) is 4.04. The molecule has 0 spiro atoms. The summed E-state index contributed by atoms with van der Waals surface area (Å²) in [5.74, 6) is 0.143. The maximum absolute atomic E-state index is 11.0. The molecule has 1 aliphatic heterocycles. The van der Waals surface area contributed by atoms with Gasteiger partial charge in [0.15, 0.2) is 0 Å². The van der Waals surface area contributed by atoms with Gasteiger partial charge in [0.1, 0.15) is 23.0 Å². The topological polar surface area (TPSA) is 76.1 Å². The number of fused-ring (bicyclic) bond motifs is 1. The molecule has 0 fully saturated rings. The van der Waals surface area contributed by atoms with Crippen molar-refractivity contribution in [3.8, 4) is 11.8 Å². The van der Waals surface area contributed by atoms with E-state index in [1.165, 1.54) is 6.08 Å². The molecule has 0 saturated heterocycles. The van der Waals surface area contributed by atoms with Gasteiger partial charge in [0.25, 0.3) is 5.91 Å². The lowest BCUT2D eigenvalue weighted by molar-refractivity contribution is -0.114. The lowest BCUT2D eigenvalue weighted by Gasteiger charge is -2.16. The van der Waals surface area contributed by atoms with Crippen LogP contribution < -0.4 is 10.5 Å². The number of nitrogens with two attached hydrogens (primary N) is 1. The van der Waals surface area contributed by atoms with E-state index in [0.29, 0.717) is 0 Å². The SMILES string of the molecule is CC1(C)Cc2cc(C=C(C#N)C(N)=O)ccc2O1. The van der Waals surface area contributed by atoms with Crippen molar-refractivity contribution in [3.05, 3.63) is 34.9 Å². The Kier molecular flexibility index (Phi) is 2.84. The summed E-state index contributed by atoms with van der Waals surface area (Å²) < 4.78 is 5.75. The predicted octanol–water partition coefficient (Wildman–Crippen LogP) is 1.79. The molecule has 1 aromatic carbocycles. The summed E-state index contributed by atoms with van der Waals surface area (Å²) in [5, 5.41) is 8.79. The minimum atomic E-state index is -0.713. The minimum Gasteiger partial charge on any atom is -0.487 e. The molecule has 0 aromatic heterocycles. The Bertz CT molecular complexity index is 580. The molecule has 0 unspecified atom stereocenters. The maximum atomic E-state index is 11.0. The third kappa shape index (κ3) is 2.35. The normalized spacial score (nSPS) is 16.6. The van der Waals surface area contributed by atoms with Gasteiger partial charge in [0.2, 0.25) is 0 Å². The highest BCUT2D eigenvalue weighted by Gasteiger charge is 2.29. The second kappa shape index (κ2) is 4.19. The fraction of sp³-hybridized carbons (Fsp3) is 0.286. The Morgan fingerprint density at radius 1 is 1.56 bits per heavy atom. The van der Waals surface area contributed by atoms with Crippen molar-refractivity contribution in [2.75, 3.05) is 0 Å². The van der Waals surface area contributed by atoms with Crippen molar-refractivity contribution >= 4 is 12.0 Å². The van der Waals surface area contributed by atoms with Gasteiger partial charge in [-0.15, -0.1) is 0 Å². The van der Waals surface area contributed by atoms with Crippen molar-refractivity contribution in [1.82, 2.24) is 0 Å². The molecule has 0 radical (unpaired) electrons. The number of amides is 1. The summed E-state index contributed by atoms with van der Waals surface area (Å²) >= 11 is 0. The summed E-state index contributed by atoms with van der Waals surface area (Å²) in [4.78, 5) is 11.0. The van der Waals surface area contributed by atoms with Gasteiger partial charge in [-0.1, -0.05) is 6.07 Å². The minimum absolute atomic E-state index is 0.0480. The van der Waals surface area contributed by atoms with E-state index in [4.69, 9.17) is 15.7 Å². The first-order chi connectivity index (χ1) is 8.41. The highest BCUT2D eigenvalue weighted by molar-refractivity contribution is 6.00. The van der Waals surface area contributed by atoms with Crippen LogP contribution in [0.5, 0.6) is 5.75 Å². The number of nitrogens with zero attached hydrogens (tertiary/aromatic N) is 1. The van der Waals surface area contributed by atoms with E-state index in [2.05, 4.69) is 0 Å². The summed E-state index contributed by atoms with van der Waals surface area (Å²) in [6, 6.07) is 7.37. The smallest absolute Gasteiger partial charge is 0.259 e. The van der Waals surface area contributed by atoms with E-state index in [-0.39, 0.29) is 11.2 Å². The van der Waals surface area contributed by atoms with E-state index in [0.717, 1.165) is 23.3 Å². The third-order valence-corrected chi connectivity index (χ3v) is 2.78. The average molecular weight is 242 g/mol. The van der Waals surface area contributed by atoms with E-state index in [9.17, 15) is 4.79 Å². The maximum Gasteiger partial charge on any atom is 0.259 e. The number of nitriles is 1. The first kappa shape index (κ1) is 12.2. The molecular formula is C14H14N2O2. The molecule has 0 aliphatic carbocycles. The molecule has 4 heteroatoms. The molecule has 1 heterocycles. The van der Waals surface area contributed by atoms with Gasteiger partial charge >= 0.3 is 0 Å². The van der Waals surface area contributed by atoms with Gasteiger partial charge in [-0.3, -0.25) is 4.79 Å². The van der Waals surface area contributed by atoms with Crippen molar-refractivity contribution in [2.24, 2.45) is 5.73 Å². The number of benzene rings is 1. The Hall–Kier alpha value is -2.28. The van der Waals surface area contributed by atoms with E-state index >= 15 is 0 Å². The van der Waals surface area contributed by atoms with Crippen LogP contribution in [0.15, 0.2) is 23.8 Å². The Morgan fingerprint density at radius 3 is 2.89 bits per heavy atom. The zero-order valence-corrected chi connectivity index (χ0v) is 10.4. The molecule has 0 bridgehead atoms. The van der Waals surface area contributed by atoms with Crippen LogP contribution in [0.1, 0.15) is 25.0 Å². The fourth-order valence-electron chi connectivity index (χ4n) is 2.04. The van der Waals surface area contributed by atoms with Crippen molar-refractivity contribution < 1.29 is 9.53 Å². The lowest BCUT2D eigenvalue weighted by Crippen LogP contribution is -2.24. The molecule has 0 saturated carbocycles. The zero-order valence-electron chi connectivity index (χ0n) is 10.4. The number of hydrogen-bond acceptors (Lipinski definition) is 3. The lowest BCUT2D eigenvalue weighted by atomic mass is 9.99. The van der Waals surface area contributed by atoms with Crippen LogP contribution >= 0.6 is 0 Å². The number of ether oxygens (including phenoxy) is 1. The summed E-state index contributed by atoms with van der Waals surface area (Å²) in [6.07, 6.45) is 2.30. The van der Waals surface area contributed by atoms with Gasteiger partial charge in [0, 0.05) is 6.42 Å². The van der Waals surface area contributed by atoms with Gasteiger partial charge in [-0.05, 0) is 43.2 Å². The average Bonchev–Trinajstić information content (AvgIpc) is 2.58. The van der Waals surface area contributed by atoms with E-state index in [1.54, 1.807) is 12.1 Å². The van der Waals surface area contributed by atoms with Gasteiger partial charge < -0.3 is 10.5 Å². The van der Waals surface area contributed by atoms with Crippen molar-refractivity contribution in [3.63, 3.8) is 0 Å². The molecule has 2 N–H and O–H groups in total. The van der Waals surface area contributed by atoms with Gasteiger partial charge in [-0.25, -0.2) is 0 Å². The van der Waals surface area contributed by atoms with Crippen LogP contribution in [-0.4, -0.2) is 11.5 Å². The molecule has 92 valence electrons. The Labute approximate surface area is 106 Å². The third-order valence-electron chi connectivity index (χ3n) is 2.78. The number of primary amides is 1. The van der Waals surface area contributed by atoms with E-state index < -0.39 is 5.91 Å². The first-order valence-corrected chi connectivity index (χ1v) is 5.65. The van der Waals surface area contributed by atoms with Crippen LogP contribution in [0.2, 0.25) is 0 Å². The highest BCUT2D eigenvalue weighted by atomic mass is 16.5. The molecule has 1 aromatic rings. The summed E-state index contributed by atoms with van der Waals surface area (Å²) in [7, 11) is 0. The van der Waals surface area contributed by atoms with Gasteiger partial charge in [0.05, 0.1) is 0 Å². The molecule has 1 aliphatic rings. The van der Waals surface area contributed by atoms with Crippen LogP contribution in [0, 0.1) is 11.3 Å². The molecule has 18 heavy (non-hydrogen) atoms. The first-order valence-electron chi connectivity index (χ1n) is 5.65. The predicted molar refractivity (Wildman–Crippen MR) is 67.6 cm³/mol. The van der Waals surface area contributed by atoms with Crippen LogP contribution in [-0.2, 0) is 11.2 Å². The van der Waals surface area contributed by atoms with E-state index in [1.807, 2.05) is 26.0 Å². The van der Waals surface area contributed by atoms with Crippen molar-refractivity contribution in [2.45, 2.75) is 25.9 Å². The monoisotopic (exact) mass is 242 g/mol. The number of hydrogen-bond donors (Lipinski definition) is 1. The molecular weight excluding hydrogens is 228 g/mol. The Balaban J connectivity index is 2.36. The highest BCUT2D eigenvalue weighted by Crippen LogP contribution is 2.35. The standard InChI is InChI=1S/C14H14N2O2/c1-14(2)7-10-5-9(3-4-12(10)18-14)6-11(8-15)13(16)17/h3-6H,7H2,1-2H3,(H2,16,17).